The number of hydrogen-bond acceptors (Lipinski definition) is 3. The summed E-state index contributed by atoms with van der Waals surface area (Å²) in [6, 6.07) is 2.63. The largest absolute Gasteiger partial charge is 0.366 e. The Morgan fingerprint density at radius 3 is 2.62 bits per heavy atom. The molecular formula is C15H17F2N3O. The van der Waals surface area contributed by atoms with Gasteiger partial charge in [-0.2, -0.15) is 0 Å². The van der Waals surface area contributed by atoms with Crippen molar-refractivity contribution in [2.45, 2.75) is 19.8 Å². The molecule has 0 unspecified atom stereocenters. The van der Waals surface area contributed by atoms with Crippen LogP contribution >= 0.6 is 0 Å². The van der Waals surface area contributed by atoms with Gasteiger partial charge in [0.2, 0.25) is 5.91 Å². The first kappa shape index (κ1) is 15.0. The fourth-order valence-electron chi connectivity index (χ4n) is 2.10. The monoisotopic (exact) mass is 293 g/mol. The third-order valence-electron chi connectivity index (χ3n) is 3.12. The van der Waals surface area contributed by atoms with E-state index in [-0.39, 0.29) is 12.2 Å². The second-order valence-corrected chi connectivity index (χ2v) is 4.82. The minimum atomic E-state index is -0.665. The molecule has 1 aromatic rings. The van der Waals surface area contributed by atoms with Crippen molar-refractivity contribution in [3.8, 4) is 0 Å². The Bertz CT molecular complexity index is 588. The molecule has 0 bridgehead atoms. The van der Waals surface area contributed by atoms with Gasteiger partial charge in [0.05, 0.1) is 6.54 Å². The Morgan fingerprint density at radius 2 is 2.05 bits per heavy atom. The third kappa shape index (κ3) is 3.59. The number of carbonyl (C=O) groups excluding carboxylic acids is 1. The highest BCUT2D eigenvalue weighted by Crippen LogP contribution is 2.23. The van der Waals surface area contributed by atoms with Crippen LogP contribution in [0.2, 0.25) is 0 Å². The van der Waals surface area contributed by atoms with Gasteiger partial charge in [0.1, 0.15) is 5.69 Å². The van der Waals surface area contributed by atoms with E-state index in [1.807, 2.05) is 6.92 Å². The van der Waals surface area contributed by atoms with E-state index in [9.17, 15) is 13.6 Å². The van der Waals surface area contributed by atoms with Gasteiger partial charge in [0, 0.05) is 11.8 Å². The van der Waals surface area contributed by atoms with Crippen molar-refractivity contribution in [2.75, 3.05) is 12.0 Å². The van der Waals surface area contributed by atoms with Crippen LogP contribution in [0.25, 0.3) is 0 Å². The number of nitrogens with zero attached hydrogens (tertiary/aromatic N) is 1. The molecule has 1 heterocycles. The van der Waals surface area contributed by atoms with E-state index in [4.69, 9.17) is 5.73 Å². The highest BCUT2D eigenvalue weighted by Gasteiger charge is 2.16. The maximum absolute atomic E-state index is 14.0. The van der Waals surface area contributed by atoms with Crippen molar-refractivity contribution in [2.24, 2.45) is 5.73 Å². The number of primary amides is 1. The zero-order valence-corrected chi connectivity index (χ0v) is 11.7. The van der Waals surface area contributed by atoms with Crippen molar-refractivity contribution in [3.05, 3.63) is 53.3 Å². The number of rotatable bonds is 5. The molecule has 0 aromatic heterocycles. The molecule has 21 heavy (non-hydrogen) atoms. The highest BCUT2D eigenvalue weighted by molar-refractivity contribution is 5.92. The van der Waals surface area contributed by atoms with Gasteiger partial charge in [-0.15, -0.1) is 0 Å². The summed E-state index contributed by atoms with van der Waals surface area (Å²) in [5.41, 5.74) is 8.54. The number of anilines is 1. The van der Waals surface area contributed by atoms with Gasteiger partial charge in [-0.3, -0.25) is 15.2 Å². The molecule has 6 heteroatoms. The van der Waals surface area contributed by atoms with Crippen LogP contribution in [0.5, 0.6) is 0 Å². The van der Waals surface area contributed by atoms with Gasteiger partial charge in [-0.1, -0.05) is 19.4 Å². The Hall–Kier alpha value is -2.37. The molecule has 0 spiro atoms. The summed E-state index contributed by atoms with van der Waals surface area (Å²) >= 11 is 0. The number of allylic oxidation sites excluding steroid dienone is 2. The molecule has 1 aliphatic heterocycles. The van der Waals surface area contributed by atoms with Crippen molar-refractivity contribution < 1.29 is 13.6 Å². The topological polar surface area (TPSA) is 58.4 Å². The van der Waals surface area contributed by atoms with Crippen LogP contribution in [0, 0.1) is 11.6 Å². The molecule has 1 aliphatic rings. The quantitative estimate of drug-likeness (QED) is 0.877. The molecule has 112 valence electrons. The van der Waals surface area contributed by atoms with Crippen LogP contribution in [0.15, 0.2) is 36.1 Å². The SMILES string of the molecule is CCCc1cc(F)c(NN2C=CC=C(C(N)=O)C2)c(F)c1. The van der Waals surface area contributed by atoms with Gasteiger partial charge in [0.25, 0.3) is 0 Å². The lowest BCUT2D eigenvalue weighted by Crippen LogP contribution is -2.33. The smallest absolute Gasteiger partial charge is 0.246 e. The van der Waals surface area contributed by atoms with E-state index in [2.05, 4.69) is 5.43 Å². The first-order valence-electron chi connectivity index (χ1n) is 6.69. The van der Waals surface area contributed by atoms with Crippen LogP contribution in [0.4, 0.5) is 14.5 Å². The highest BCUT2D eigenvalue weighted by atomic mass is 19.1. The van der Waals surface area contributed by atoms with E-state index in [0.29, 0.717) is 17.6 Å². The normalized spacial score (nSPS) is 14.0. The minimum absolute atomic E-state index is 0.140. The lowest BCUT2D eigenvalue weighted by atomic mass is 10.1. The van der Waals surface area contributed by atoms with Gasteiger partial charge < -0.3 is 5.73 Å². The molecule has 0 saturated heterocycles. The number of halogens is 2. The zero-order chi connectivity index (χ0) is 15.4. The number of aryl methyl sites for hydroxylation is 1. The van der Waals surface area contributed by atoms with Gasteiger partial charge in [-0.25, -0.2) is 8.78 Å². The Morgan fingerprint density at radius 1 is 1.38 bits per heavy atom. The van der Waals surface area contributed by atoms with Crippen molar-refractivity contribution in [1.82, 2.24) is 5.01 Å². The molecule has 1 amide bonds. The van der Waals surface area contributed by atoms with Crippen LogP contribution in [0.3, 0.4) is 0 Å². The predicted molar refractivity (Wildman–Crippen MR) is 77.1 cm³/mol. The summed E-state index contributed by atoms with van der Waals surface area (Å²) in [6.07, 6.45) is 6.15. The van der Waals surface area contributed by atoms with Crippen LogP contribution in [-0.2, 0) is 11.2 Å². The average Bonchev–Trinajstić information content (AvgIpc) is 2.43. The summed E-state index contributed by atoms with van der Waals surface area (Å²) in [6.45, 7) is 2.08. The number of amides is 1. The van der Waals surface area contributed by atoms with Crippen LogP contribution in [-0.4, -0.2) is 17.5 Å². The van der Waals surface area contributed by atoms with Crippen LogP contribution in [0.1, 0.15) is 18.9 Å². The maximum Gasteiger partial charge on any atom is 0.246 e. The van der Waals surface area contributed by atoms with E-state index in [0.717, 1.165) is 6.42 Å². The molecule has 2 rings (SSSR count). The van der Waals surface area contributed by atoms with Gasteiger partial charge in [0.15, 0.2) is 11.6 Å². The minimum Gasteiger partial charge on any atom is -0.366 e. The summed E-state index contributed by atoms with van der Waals surface area (Å²) in [5, 5.41) is 1.40. The molecule has 1 aromatic carbocycles. The van der Waals surface area contributed by atoms with E-state index in [1.165, 1.54) is 17.1 Å². The molecule has 0 fully saturated rings. The number of benzene rings is 1. The molecule has 4 nitrogen and oxygen atoms in total. The van der Waals surface area contributed by atoms with Crippen LogP contribution < -0.4 is 11.2 Å². The van der Waals surface area contributed by atoms with Gasteiger partial charge >= 0.3 is 0 Å². The first-order valence-corrected chi connectivity index (χ1v) is 6.69. The zero-order valence-electron chi connectivity index (χ0n) is 11.7. The number of hydrogen-bond donors (Lipinski definition) is 2. The van der Waals surface area contributed by atoms with Crippen molar-refractivity contribution in [1.29, 1.82) is 0 Å². The van der Waals surface area contributed by atoms with E-state index < -0.39 is 17.5 Å². The molecular weight excluding hydrogens is 276 g/mol. The second-order valence-electron chi connectivity index (χ2n) is 4.82. The average molecular weight is 293 g/mol. The summed E-state index contributed by atoms with van der Waals surface area (Å²) in [4.78, 5) is 11.1. The molecule has 0 radical (unpaired) electrons. The fraction of sp³-hybridized carbons (Fsp3) is 0.267. The van der Waals surface area contributed by atoms with E-state index in [1.54, 1.807) is 18.4 Å². The predicted octanol–water partition coefficient (Wildman–Crippen LogP) is 2.49. The van der Waals surface area contributed by atoms with Gasteiger partial charge in [-0.05, 0) is 30.2 Å². The third-order valence-corrected chi connectivity index (χ3v) is 3.12. The first-order chi connectivity index (χ1) is 10.0. The fourth-order valence-corrected chi connectivity index (χ4v) is 2.10. The van der Waals surface area contributed by atoms with E-state index >= 15 is 0 Å². The lowest BCUT2D eigenvalue weighted by molar-refractivity contribution is -0.114. The maximum atomic E-state index is 14.0. The standard InChI is InChI=1S/C15H17F2N3O/c1-2-4-10-7-12(16)14(13(17)8-10)19-20-6-3-5-11(9-20)15(18)21/h3,5-8,19H,2,4,9H2,1H3,(H2,18,21). The Kier molecular flexibility index (Phi) is 4.57. The Balaban J connectivity index is 2.16. The molecule has 3 N–H and O–H groups in total. The molecule has 0 aliphatic carbocycles. The summed E-state index contributed by atoms with van der Waals surface area (Å²) in [7, 11) is 0. The second kappa shape index (κ2) is 6.39. The van der Waals surface area contributed by atoms with Crippen molar-refractivity contribution in [3.63, 3.8) is 0 Å². The number of hydrazine groups is 1. The molecule has 0 saturated carbocycles. The summed E-state index contributed by atoms with van der Waals surface area (Å²) < 4.78 is 28.0. The Labute approximate surface area is 121 Å². The summed E-state index contributed by atoms with van der Waals surface area (Å²) in [5.74, 6) is -1.89. The molecule has 0 atom stereocenters. The number of nitrogens with two attached hydrogens (primary N) is 1. The number of nitrogens with one attached hydrogen (secondary N) is 1. The number of carbonyl (C=O) groups is 1. The van der Waals surface area contributed by atoms with Crippen molar-refractivity contribution >= 4 is 11.6 Å². The lowest BCUT2D eigenvalue weighted by Gasteiger charge is -2.25.